The summed E-state index contributed by atoms with van der Waals surface area (Å²) in [5.74, 6) is 3.02. The molecule has 0 aromatic heterocycles. The van der Waals surface area contributed by atoms with Crippen LogP contribution in [-0.2, 0) is 4.79 Å². The van der Waals surface area contributed by atoms with Crippen LogP contribution in [0.2, 0.25) is 0 Å². The third kappa shape index (κ3) is 3.07. The molecular weight excluding hydrogens is 336 g/mol. The molecule has 0 spiro atoms. The van der Waals surface area contributed by atoms with Gasteiger partial charge in [0, 0.05) is 6.42 Å². The molecule has 0 heterocycles. The molecule has 4 fully saturated rings. The normalized spacial score (nSPS) is 50.4. The third-order valence-corrected chi connectivity index (χ3v) is 10.2. The van der Waals surface area contributed by atoms with Gasteiger partial charge in [-0.1, -0.05) is 33.6 Å². The fraction of sp³-hybridized carbons (Fsp3) is 0.958. The van der Waals surface area contributed by atoms with E-state index in [0.717, 1.165) is 18.8 Å². The van der Waals surface area contributed by atoms with Crippen molar-refractivity contribution in [1.82, 2.24) is 0 Å². The van der Waals surface area contributed by atoms with Gasteiger partial charge in [-0.2, -0.15) is 0 Å². The molecule has 3 nitrogen and oxygen atoms in total. The first kappa shape index (κ1) is 19.7. The zero-order valence-electron chi connectivity index (χ0n) is 17.6. The molecule has 4 aliphatic rings. The van der Waals surface area contributed by atoms with Gasteiger partial charge in [0.1, 0.15) is 0 Å². The van der Waals surface area contributed by atoms with Crippen LogP contribution in [0.5, 0.6) is 0 Å². The largest absolute Gasteiger partial charge is 0.481 e. The highest BCUT2D eigenvalue weighted by molar-refractivity contribution is 5.66. The van der Waals surface area contributed by atoms with E-state index in [-0.39, 0.29) is 6.10 Å². The van der Waals surface area contributed by atoms with Gasteiger partial charge in [0.25, 0.3) is 0 Å². The Morgan fingerprint density at radius 2 is 1.78 bits per heavy atom. The maximum atomic E-state index is 11.2. The predicted molar refractivity (Wildman–Crippen MR) is 107 cm³/mol. The Kier molecular flexibility index (Phi) is 5.15. The highest BCUT2D eigenvalue weighted by Crippen LogP contribution is 2.68. The molecule has 154 valence electrons. The number of carboxylic acid groups (broad SMARTS) is 1. The summed E-state index contributed by atoms with van der Waals surface area (Å²) < 4.78 is 0. The van der Waals surface area contributed by atoms with Crippen LogP contribution in [0.3, 0.4) is 0 Å². The number of aliphatic hydroxyl groups is 1. The van der Waals surface area contributed by atoms with Gasteiger partial charge in [-0.3, -0.25) is 4.79 Å². The Labute approximate surface area is 165 Å². The quantitative estimate of drug-likeness (QED) is 0.680. The number of fused-ring (bicyclic) bond motifs is 5. The molecule has 0 bridgehead atoms. The monoisotopic (exact) mass is 376 g/mol. The smallest absolute Gasteiger partial charge is 0.303 e. The lowest BCUT2D eigenvalue weighted by Gasteiger charge is -2.62. The average molecular weight is 377 g/mol. The Hall–Kier alpha value is -0.570. The van der Waals surface area contributed by atoms with Crippen molar-refractivity contribution in [1.29, 1.82) is 0 Å². The van der Waals surface area contributed by atoms with Crippen molar-refractivity contribution in [3.63, 3.8) is 0 Å². The summed E-state index contributed by atoms with van der Waals surface area (Å²) in [6, 6.07) is 0. The van der Waals surface area contributed by atoms with Crippen molar-refractivity contribution in [3.8, 4) is 0 Å². The van der Waals surface area contributed by atoms with Gasteiger partial charge in [-0.05, 0) is 97.7 Å². The van der Waals surface area contributed by atoms with Gasteiger partial charge in [-0.25, -0.2) is 0 Å². The SMILES string of the molecule is C[C@H](CCC(=O)O)[C@H]1CCC2C3[C@@H](CC[C@@]21C)C1(C)CCCCC1C[C@@H]3O. The minimum absolute atomic E-state index is 0.108. The number of hydrogen-bond donors (Lipinski definition) is 2. The Morgan fingerprint density at radius 3 is 2.52 bits per heavy atom. The minimum atomic E-state index is -0.663. The van der Waals surface area contributed by atoms with Gasteiger partial charge in [-0.15, -0.1) is 0 Å². The van der Waals surface area contributed by atoms with Crippen LogP contribution in [0.15, 0.2) is 0 Å². The second-order valence-electron chi connectivity index (χ2n) is 11.2. The first-order valence-corrected chi connectivity index (χ1v) is 11.7. The molecule has 27 heavy (non-hydrogen) atoms. The topological polar surface area (TPSA) is 57.5 Å². The lowest BCUT2D eigenvalue weighted by Crippen LogP contribution is -2.57. The van der Waals surface area contributed by atoms with Gasteiger partial charge < -0.3 is 10.2 Å². The average Bonchev–Trinajstić information content (AvgIpc) is 2.97. The van der Waals surface area contributed by atoms with E-state index < -0.39 is 5.97 Å². The van der Waals surface area contributed by atoms with E-state index in [4.69, 9.17) is 5.11 Å². The van der Waals surface area contributed by atoms with E-state index in [0.29, 0.717) is 46.8 Å². The molecule has 9 atom stereocenters. The summed E-state index contributed by atoms with van der Waals surface area (Å²) in [7, 11) is 0. The van der Waals surface area contributed by atoms with Gasteiger partial charge >= 0.3 is 5.97 Å². The maximum absolute atomic E-state index is 11.2. The molecule has 0 aliphatic heterocycles. The maximum Gasteiger partial charge on any atom is 0.303 e. The first-order chi connectivity index (χ1) is 12.8. The lowest BCUT2D eigenvalue weighted by molar-refractivity contribution is -0.164. The fourth-order valence-electron chi connectivity index (χ4n) is 8.78. The first-order valence-electron chi connectivity index (χ1n) is 11.7. The zero-order valence-corrected chi connectivity index (χ0v) is 17.6. The molecule has 4 rings (SSSR count). The van der Waals surface area contributed by atoms with E-state index in [1.54, 1.807) is 0 Å². The molecule has 4 saturated carbocycles. The van der Waals surface area contributed by atoms with Gasteiger partial charge in [0.05, 0.1) is 6.10 Å². The van der Waals surface area contributed by atoms with E-state index in [1.165, 1.54) is 51.4 Å². The predicted octanol–water partition coefficient (Wildman–Crippen LogP) is 5.51. The summed E-state index contributed by atoms with van der Waals surface area (Å²) >= 11 is 0. The molecule has 4 unspecified atom stereocenters. The van der Waals surface area contributed by atoms with E-state index in [9.17, 15) is 9.90 Å². The number of rotatable bonds is 4. The molecule has 0 saturated heterocycles. The van der Waals surface area contributed by atoms with E-state index in [2.05, 4.69) is 20.8 Å². The van der Waals surface area contributed by atoms with Crippen LogP contribution in [0.25, 0.3) is 0 Å². The highest BCUT2D eigenvalue weighted by atomic mass is 16.4. The second kappa shape index (κ2) is 7.04. The Balaban J connectivity index is 1.56. The fourth-order valence-corrected chi connectivity index (χ4v) is 8.78. The Morgan fingerprint density at radius 1 is 1.04 bits per heavy atom. The third-order valence-electron chi connectivity index (χ3n) is 10.2. The summed E-state index contributed by atoms with van der Waals surface area (Å²) in [6.45, 7) is 7.33. The molecule has 0 aromatic rings. The van der Waals surface area contributed by atoms with E-state index in [1.807, 2.05) is 0 Å². The number of carbonyl (C=O) groups is 1. The zero-order chi connectivity index (χ0) is 19.4. The molecule has 0 amide bonds. The molecule has 0 radical (unpaired) electrons. The number of carboxylic acids is 1. The number of aliphatic carboxylic acids is 1. The molecule has 3 heteroatoms. The number of aliphatic hydroxyl groups excluding tert-OH is 1. The Bertz CT molecular complexity index is 574. The minimum Gasteiger partial charge on any atom is -0.481 e. The standard InChI is InChI=1S/C24H40O3/c1-15(7-10-21(26)27)17-8-9-18-22-19(11-13-24(17,18)3)23(2)12-5-4-6-16(23)14-20(22)25/h15-20,22,25H,4-14H2,1-3H3,(H,26,27)/t15-,16?,17-,18?,19-,20+,22?,23?,24-/m1/s1. The molecule has 2 N–H and O–H groups in total. The van der Waals surface area contributed by atoms with Crippen molar-refractivity contribution in [2.24, 2.45) is 46.3 Å². The summed E-state index contributed by atoms with van der Waals surface area (Å²) in [4.78, 5) is 11.0. The van der Waals surface area contributed by atoms with E-state index >= 15 is 0 Å². The summed E-state index contributed by atoms with van der Waals surface area (Å²) in [5, 5.41) is 20.3. The van der Waals surface area contributed by atoms with Crippen molar-refractivity contribution in [2.45, 2.75) is 97.5 Å². The molecular formula is C24H40O3. The molecule has 4 aliphatic carbocycles. The molecule has 0 aromatic carbocycles. The van der Waals surface area contributed by atoms with Crippen LogP contribution in [0.4, 0.5) is 0 Å². The second-order valence-corrected chi connectivity index (χ2v) is 11.2. The van der Waals surface area contributed by atoms with Gasteiger partial charge in [0.15, 0.2) is 0 Å². The van der Waals surface area contributed by atoms with Crippen molar-refractivity contribution >= 4 is 5.97 Å². The summed E-state index contributed by atoms with van der Waals surface area (Å²) in [5.41, 5.74) is 0.758. The van der Waals surface area contributed by atoms with Crippen LogP contribution < -0.4 is 0 Å². The lowest BCUT2D eigenvalue weighted by atomic mass is 9.44. The number of hydrogen-bond acceptors (Lipinski definition) is 2. The summed E-state index contributed by atoms with van der Waals surface area (Å²) in [6.07, 6.45) is 12.5. The van der Waals surface area contributed by atoms with Crippen molar-refractivity contribution in [3.05, 3.63) is 0 Å². The van der Waals surface area contributed by atoms with Gasteiger partial charge in [0.2, 0.25) is 0 Å². The van der Waals surface area contributed by atoms with Crippen LogP contribution >= 0.6 is 0 Å². The van der Waals surface area contributed by atoms with Crippen LogP contribution in [0.1, 0.15) is 91.4 Å². The van der Waals surface area contributed by atoms with Crippen molar-refractivity contribution in [2.75, 3.05) is 0 Å². The van der Waals surface area contributed by atoms with Crippen LogP contribution in [-0.4, -0.2) is 22.3 Å². The van der Waals surface area contributed by atoms with Crippen LogP contribution in [0, 0.1) is 46.3 Å². The highest BCUT2D eigenvalue weighted by Gasteiger charge is 2.62. The van der Waals surface area contributed by atoms with Crippen molar-refractivity contribution < 1.29 is 15.0 Å².